The Morgan fingerprint density at radius 2 is 1.90 bits per heavy atom. The van der Waals surface area contributed by atoms with Crippen molar-refractivity contribution in [2.75, 3.05) is 19.0 Å². The number of methoxy groups -OCH3 is 1. The predicted octanol–water partition coefficient (Wildman–Crippen LogP) is 2.96. The van der Waals surface area contributed by atoms with Crippen LogP contribution in [0.1, 0.15) is 24.0 Å². The molecule has 0 fully saturated rings. The summed E-state index contributed by atoms with van der Waals surface area (Å²) in [6.07, 6.45) is 0.559. The van der Waals surface area contributed by atoms with Crippen LogP contribution in [0.3, 0.4) is 0 Å². The summed E-state index contributed by atoms with van der Waals surface area (Å²) in [6.45, 7) is 4.17. The van der Waals surface area contributed by atoms with Crippen LogP contribution in [0.2, 0.25) is 0 Å². The monoisotopic (exact) mass is 275 g/mol. The number of ether oxygens (including phenoxy) is 1. The van der Waals surface area contributed by atoms with Crippen LogP contribution in [-0.4, -0.2) is 23.6 Å². The number of hydrogen-bond acceptors (Lipinski definition) is 4. The smallest absolute Gasteiger partial charge is 0.186 e. The molecule has 1 N–H and O–H groups in total. The lowest BCUT2D eigenvalue weighted by atomic mass is 10.1. The van der Waals surface area contributed by atoms with Gasteiger partial charge >= 0.3 is 0 Å². The van der Waals surface area contributed by atoms with Gasteiger partial charge in [-0.05, 0) is 31.5 Å². The average Bonchev–Trinajstić information content (AvgIpc) is 2.45. The van der Waals surface area contributed by atoms with E-state index in [1.807, 2.05) is 31.2 Å². The van der Waals surface area contributed by atoms with Gasteiger partial charge in [0.05, 0.1) is 12.8 Å². The number of hydrogen-bond donors (Lipinski definition) is 1. The molecule has 0 spiro atoms. The summed E-state index contributed by atoms with van der Waals surface area (Å²) < 4.78 is 18.9. The lowest BCUT2D eigenvalue weighted by Crippen LogP contribution is -2.09. The molecule has 106 valence electrons. The van der Waals surface area contributed by atoms with Crippen molar-refractivity contribution in [3.8, 4) is 5.75 Å². The molecule has 0 aliphatic carbocycles. The van der Waals surface area contributed by atoms with Crippen molar-refractivity contribution in [2.24, 2.45) is 0 Å². The van der Waals surface area contributed by atoms with Crippen molar-refractivity contribution >= 4 is 5.82 Å². The summed E-state index contributed by atoms with van der Waals surface area (Å²) >= 11 is 0. The fourth-order valence-corrected chi connectivity index (χ4v) is 1.91. The first-order valence-electron chi connectivity index (χ1n) is 6.53. The number of benzene rings is 1. The van der Waals surface area contributed by atoms with Crippen LogP contribution in [0.4, 0.5) is 10.2 Å². The molecule has 0 radical (unpaired) electrons. The van der Waals surface area contributed by atoms with Gasteiger partial charge in [0.25, 0.3) is 0 Å². The second-order valence-electron chi connectivity index (χ2n) is 4.44. The Hall–Kier alpha value is -2.17. The van der Waals surface area contributed by atoms with Crippen molar-refractivity contribution in [1.82, 2.24) is 9.97 Å². The maximum atomic E-state index is 13.8. The molecule has 4 nitrogen and oxygen atoms in total. The normalized spacial score (nSPS) is 10.4. The van der Waals surface area contributed by atoms with E-state index in [0.29, 0.717) is 24.5 Å². The summed E-state index contributed by atoms with van der Waals surface area (Å²) in [4.78, 5) is 8.43. The van der Waals surface area contributed by atoms with E-state index in [2.05, 4.69) is 15.3 Å². The molecule has 2 aromatic rings. The van der Waals surface area contributed by atoms with Crippen molar-refractivity contribution in [3.63, 3.8) is 0 Å². The van der Waals surface area contributed by atoms with Gasteiger partial charge in [-0.2, -0.15) is 0 Å². The van der Waals surface area contributed by atoms with Crippen molar-refractivity contribution < 1.29 is 9.13 Å². The summed E-state index contributed by atoms with van der Waals surface area (Å²) in [5.41, 5.74) is 1.42. The van der Waals surface area contributed by atoms with Gasteiger partial charge in [-0.1, -0.05) is 12.1 Å². The molecule has 1 aromatic carbocycles. The highest BCUT2D eigenvalue weighted by molar-refractivity contribution is 5.39. The van der Waals surface area contributed by atoms with Crippen LogP contribution in [-0.2, 0) is 6.42 Å². The van der Waals surface area contributed by atoms with E-state index in [4.69, 9.17) is 4.74 Å². The first-order chi connectivity index (χ1) is 9.63. The molecule has 0 aliphatic heterocycles. The van der Waals surface area contributed by atoms with E-state index in [-0.39, 0.29) is 11.6 Å². The maximum absolute atomic E-state index is 13.8. The number of nitrogens with one attached hydrogen (secondary N) is 1. The van der Waals surface area contributed by atoms with Crippen molar-refractivity contribution in [1.29, 1.82) is 0 Å². The lowest BCUT2D eigenvalue weighted by molar-refractivity contribution is 0.414. The summed E-state index contributed by atoms with van der Waals surface area (Å²) in [5, 5.41) is 2.91. The van der Waals surface area contributed by atoms with Gasteiger partial charge in [0.1, 0.15) is 11.6 Å². The van der Waals surface area contributed by atoms with Gasteiger partial charge in [-0.3, -0.25) is 0 Å². The molecule has 0 atom stereocenters. The van der Waals surface area contributed by atoms with E-state index in [9.17, 15) is 4.39 Å². The molecule has 20 heavy (non-hydrogen) atoms. The van der Waals surface area contributed by atoms with Gasteiger partial charge in [0, 0.05) is 13.0 Å². The average molecular weight is 275 g/mol. The minimum atomic E-state index is -0.384. The molecule has 0 saturated heterocycles. The summed E-state index contributed by atoms with van der Waals surface area (Å²) in [6, 6.07) is 7.68. The molecular weight excluding hydrogens is 257 g/mol. The van der Waals surface area contributed by atoms with Crippen molar-refractivity contribution in [2.45, 2.75) is 20.3 Å². The highest BCUT2D eigenvalue weighted by Crippen LogP contribution is 2.17. The van der Waals surface area contributed by atoms with Gasteiger partial charge in [-0.25, -0.2) is 14.4 Å². The highest BCUT2D eigenvalue weighted by Gasteiger charge is 2.11. The molecule has 0 bridgehead atoms. The van der Waals surface area contributed by atoms with Crippen LogP contribution in [0.25, 0.3) is 0 Å². The zero-order valence-corrected chi connectivity index (χ0v) is 11.9. The molecule has 1 heterocycles. The first kappa shape index (κ1) is 14.2. The third-order valence-corrected chi connectivity index (χ3v) is 2.93. The number of nitrogens with zero attached hydrogens (tertiary/aromatic N) is 2. The molecular formula is C15H18FN3O. The minimum Gasteiger partial charge on any atom is -0.497 e. The van der Waals surface area contributed by atoms with Crippen molar-refractivity contribution in [3.05, 3.63) is 47.2 Å². The standard InChI is InChI=1S/C15H18FN3O/c1-4-17-15-14(16)10(2)18-13(19-15)9-11-5-7-12(20-3)8-6-11/h5-8H,4,9H2,1-3H3,(H,17,18,19). The topological polar surface area (TPSA) is 47.0 Å². The fourth-order valence-electron chi connectivity index (χ4n) is 1.91. The zero-order valence-electron chi connectivity index (χ0n) is 11.9. The van der Waals surface area contributed by atoms with E-state index in [1.54, 1.807) is 14.0 Å². The number of aryl methyl sites for hydroxylation is 1. The largest absolute Gasteiger partial charge is 0.497 e. The van der Waals surface area contributed by atoms with E-state index < -0.39 is 0 Å². The van der Waals surface area contributed by atoms with Crippen LogP contribution in [0.5, 0.6) is 5.75 Å². The highest BCUT2D eigenvalue weighted by atomic mass is 19.1. The van der Waals surface area contributed by atoms with Gasteiger partial charge in [0.15, 0.2) is 11.6 Å². The quantitative estimate of drug-likeness (QED) is 0.911. The minimum absolute atomic E-state index is 0.267. The Labute approximate surface area is 118 Å². The predicted molar refractivity (Wildman–Crippen MR) is 76.7 cm³/mol. The molecule has 0 unspecified atom stereocenters. The number of halogens is 1. The Bertz CT molecular complexity index is 584. The first-order valence-corrected chi connectivity index (χ1v) is 6.53. The summed E-state index contributed by atoms with van der Waals surface area (Å²) in [5.74, 6) is 1.29. The molecule has 1 aromatic heterocycles. The molecule has 0 saturated carbocycles. The van der Waals surface area contributed by atoms with Gasteiger partial charge in [0.2, 0.25) is 0 Å². The Balaban J connectivity index is 2.23. The second-order valence-corrected chi connectivity index (χ2v) is 4.44. The van der Waals surface area contributed by atoms with Crippen LogP contribution < -0.4 is 10.1 Å². The lowest BCUT2D eigenvalue weighted by Gasteiger charge is -2.09. The fraction of sp³-hybridized carbons (Fsp3) is 0.333. The molecule has 0 amide bonds. The van der Waals surface area contributed by atoms with Crippen LogP contribution >= 0.6 is 0 Å². The SMILES string of the molecule is CCNc1nc(Cc2ccc(OC)cc2)nc(C)c1F. The summed E-state index contributed by atoms with van der Waals surface area (Å²) in [7, 11) is 1.63. The van der Waals surface area contributed by atoms with Gasteiger partial charge in [-0.15, -0.1) is 0 Å². The zero-order chi connectivity index (χ0) is 14.5. The molecule has 2 rings (SSSR count). The Morgan fingerprint density at radius 3 is 2.50 bits per heavy atom. The van der Waals surface area contributed by atoms with Gasteiger partial charge < -0.3 is 10.1 Å². The number of aromatic nitrogens is 2. The number of anilines is 1. The van der Waals surface area contributed by atoms with E-state index in [0.717, 1.165) is 11.3 Å². The molecule has 0 aliphatic rings. The Morgan fingerprint density at radius 1 is 1.20 bits per heavy atom. The number of rotatable bonds is 5. The van der Waals surface area contributed by atoms with E-state index >= 15 is 0 Å². The Kier molecular flexibility index (Phi) is 4.50. The van der Waals surface area contributed by atoms with Crippen LogP contribution in [0, 0.1) is 12.7 Å². The third kappa shape index (κ3) is 3.23. The molecule has 5 heteroatoms. The van der Waals surface area contributed by atoms with Crippen LogP contribution in [0.15, 0.2) is 24.3 Å². The van der Waals surface area contributed by atoms with E-state index in [1.165, 1.54) is 0 Å². The third-order valence-electron chi connectivity index (χ3n) is 2.93. The maximum Gasteiger partial charge on any atom is 0.186 e. The second kappa shape index (κ2) is 6.32.